The number of oxime groups is 1. The molecule has 3 aliphatic heterocycles. The van der Waals surface area contributed by atoms with Crippen LogP contribution in [0.3, 0.4) is 0 Å². The first-order chi connectivity index (χ1) is 20.6. The number of β-lactam (4-membered cyclic amide) rings is 1. The maximum Gasteiger partial charge on any atom is 0.352 e. The number of H-pyrrole nitrogens is 1. The van der Waals surface area contributed by atoms with Crippen molar-refractivity contribution in [3.8, 4) is 0 Å². The number of rotatable bonds is 11. The summed E-state index contributed by atoms with van der Waals surface area (Å²) >= 11 is 9.62. The van der Waals surface area contributed by atoms with E-state index in [4.69, 9.17) is 22.8 Å². The largest absolute Gasteiger partial charge is 0.477 e. The standard InChI is InChI=1S/C23H25N9O7S4/c1-39-30-13(10-8-43-23(24)26-10)17(33)27-14-19(35)32-15(22(37)38)9(7-42-21(14)32)6-11(40)16-28-29-18(34)20(36)31(16)4-2-12-25-3-5-41-12/h8,12,14,21,25H,2-7H2,1H3,(H2,24,26)(H,27,33)(H,29,34)(H,37,38). The molecule has 0 radical (unpaired) electrons. The van der Waals surface area contributed by atoms with Crippen LogP contribution in [0.1, 0.15) is 24.4 Å². The lowest BCUT2D eigenvalue weighted by Crippen LogP contribution is -2.71. The molecule has 2 aromatic heterocycles. The third-order valence-corrected chi connectivity index (χ3v) is 10.3. The molecule has 0 saturated carbocycles. The van der Waals surface area contributed by atoms with Gasteiger partial charge in [-0.1, -0.05) is 17.4 Å². The number of carboxylic acid groups (broad SMARTS) is 1. The molecule has 2 saturated heterocycles. The van der Waals surface area contributed by atoms with Crippen molar-refractivity contribution < 1.29 is 24.3 Å². The number of amides is 2. The molecule has 16 nitrogen and oxygen atoms in total. The van der Waals surface area contributed by atoms with E-state index in [0.29, 0.717) is 12.0 Å². The minimum absolute atomic E-state index is 0.0553. The second-order valence-corrected chi connectivity index (χ2v) is 13.1. The van der Waals surface area contributed by atoms with Crippen LogP contribution in [0.4, 0.5) is 5.13 Å². The minimum Gasteiger partial charge on any atom is -0.477 e. The van der Waals surface area contributed by atoms with Gasteiger partial charge in [0, 0.05) is 36.4 Å². The molecule has 0 aliphatic carbocycles. The van der Waals surface area contributed by atoms with E-state index >= 15 is 0 Å². The number of thiazole rings is 1. The first-order valence-electron chi connectivity index (χ1n) is 12.7. The number of thiocarbonyl (C=S) groups is 1. The highest BCUT2D eigenvalue weighted by Gasteiger charge is 2.54. The summed E-state index contributed by atoms with van der Waals surface area (Å²) in [6.45, 7) is 1.03. The predicted molar refractivity (Wildman–Crippen MR) is 164 cm³/mol. The Kier molecular flexibility index (Phi) is 9.30. The van der Waals surface area contributed by atoms with Crippen molar-refractivity contribution in [3.05, 3.63) is 48.9 Å². The Labute approximate surface area is 260 Å². The van der Waals surface area contributed by atoms with Crippen molar-refractivity contribution in [2.24, 2.45) is 5.16 Å². The summed E-state index contributed by atoms with van der Waals surface area (Å²) in [5.74, 6) is -1.57. The van der Waals surface area contributed by atoms with Gasteiger partial charge in [0.15, 0.2) is 16.7 Å². The molecule has 6 N–H and O–H groups in total. The third-order valence-electron chi connectivity index (χ3n) is 6.69. The fourth-order valence-electron chi connectivity index (χ4n) is 4.76. The van der Waals surface area contributed by atoms with Crippen LogP contribution in [-0.2, 0) is 25.8 Å². The van der Waals surface area contributed by atoms with Gasteiger partial charge in [-0.3, -0.25) is 28.6 Å². The molecular formula is C23H25N9O7S4. The minimum atomic E-state index is -1.35. The SMILES string of the molecule is CON=C(C(=O)NC1C(=O)N2C(C(=O)O)=C(CC(=S)c3n[nH]c(=O)c(=O)n3CCC3NCCS3)CSC12)c1csc(N)n1. The Balaban J connectivity index is 1.34. The third kappa shape index (κ3) is 6.23. The number of anilines is 1. The smallest absolute Gasteiger partial charge is 0.352 e. The first-order valence-corrected chi connectivity index (χ1v) is 16.1. The molecule has 0 aromatic carbocycles. The number of carboxylic acids is 1. The van der Waals surface area contributed by atoms with Crippen LogP contribution in [0.15, 0.2) is 31.4 Å². The van der Waals surface area contributed by atoms with Crippen molar-refractivity contribution in [1.29, 1.82) is 0 Å². The van der Waals surface area contributed by atoms with Crippen LogP contribution in [0, 0.1) is 0 Å². The normalized spacial score (nSPS) is 21.8. The number of aromatic nitrogens is 4. The van der Waals surface area contributed by atoms with Crippen molar-refractivity contribution in [3.63, 3.8) is 0 Å². The maximum atomic E-state index is 13.2. The van der Waals surface area contributed by atoms with Gasteiger partial charge in [0.05, 0.1) is 10.2 Å². The number of nitrogens with zero attached hydrogens (tertiary/aromatic N) is 5. The zero-order chi connectivity index (χ0) is 30.8. The van der Waals surface area contributed by atoms with E-state index in [2.05, 4.69) is 31.0 Å². The number of nitrogen functional groups attached to an aromatic ring is 1. The second kappa shape index (κ2) is 13.0. The van der Waals surface area contributed by atoms with Gasteiger partial charge in [-0.2, -0.15) is 5.10 Å². The van der Waals surface area contributed by atoms with Gasteiger partial charge in [0.2, 0.25) is 0 Å². The van der Waals surface area contributed by atoms with Crippen LogP contribution in [0.5, 0.6) is 0 Å². The van der Waals surface area contributed by atoms with Gasteiger partial charge in [0.1, 0.15) is 29.9 Å². The Morgan fingerprint density at radius 3 is 2.77 bits per heavy atom. The molecule has 2 aromatic rings. The van der Waals surface area contributed by atoms with E-state index in [1.165, 1.54) is 28.8 Å². The summed E-state index contributed by atoms with van der Waals surface area (Å²) in [4.78, 5) is 73.3. The van der Waals surface area contributed by atoms with Gasteiger partial charge in [-0.05, 0) is 12.0 Å². The van der Waals surface area contributed by atoms with E-state index < -0.39 is 40.3 Å². The number of carbonyl (C=O) groups excluding carboxylic acids is 2. The van der Waals surface area contributed by atoms with Gasteiger partial charge < -0.3 is 26.3 Å². The first kappa shape index (κ1) is 30.9. The van der Waals surface area contributed by atoms with E-state index in [1.807, 2.05) is 0 Å². The monoisotopic (exact) mass is 667 g/mol. The highest BCUT2D eigenvalue weighted by Crippen LogP contribution is 2.41. The number of hydrogen-bond donors (Lipinski definition) is 5. The summed E-state index contributed by atoms with van der Waals surface area (Å²) in [7, 11) is 1.25. The number of nitrogens with two attached hydrogens (primary N) is 1. The van der Waals surface area contributed by atoms with Gasteiger partial charge >= 0.3 is 17.1 Å². The zero-order valence-corrected chi connectivity index (χ0v) is 25.7. The number of aromatic amines is 1. The van der Waals surface area contributed by atoms with Crippen LogP contribution < -0.4 is 27.5 Å². The highest BCUT2D eigenvalue weighted by molar-refractivity contribution is 8.00. The topological polar surface area (TPSA) is 227 Å². The summed E-state index contributed by atoms with van der Waals surface area (Å²) in [5.41, 5.74) is 4.00. The molecule has 2 amide bonds. The molecule has 20 heteroatoms. The molecule has 3 aliphatic rings. The Morgan fingerprint density at radius 1 is 1.33 bits per heavy atom. The Bertz CT molecular complexity index is 1660. The second-order valence-electron chi connectivity index (χ2n) is 9.35. The summed E-state index contributed by atoms with van der Waals surface area (Å²) < 4.78 is 1.21. The molecule has 3 atom stereocenters. The summed E-state index contributed by atoms with van der Waals surface area (Å²) in [6.07, 6.45) is 0.455. The fraction of sp³-hybridized carbons (Fsp3) is 0.435. The van der Waals surface area contributed by atoms with Crippen LogP contribution in [-0.4, -0.2) is 100 Å². The highest BCUT2D eigenvalue weighted by atomic mass is 32.2. The summed E-state index contributed by atoms with van der Waals surface area (Å²) in [5, 5.41) is 27.0. The van der Waals surface area contributed by atoms with Crippen LogP contribution >= 0.6 is 47.1 Å². The molecular weight excluding hydrogens is 643 g/mol. The molecule has 5 rings (SSSR count). The van der Waals surface area contributed by atoms with Crippen molar-refractivity contribution in [1.82, 2.24) is 35.3 Å². The number of nitrogens with one attached hydrogen (secondary N) is 3. The van der Waals surface area contributed by atoms with Crippen LogP contribution in [0.2, 0.25) is 0 Å². The number of fused-ring (bicyclic) bond motifs is 1. The van der Waals surface area contributed by atoms with Crippen molar-refractivity contribution >= 4 is 80.6 Å². The average Bonchev–Trinajstić information content (AvgIpc) is 3.66. The lowest BCUT2D eigenvalue weighted by molar-refractivity contribution is -0.150. The Hall–Kier alpha value is -3.59. The molecule has 0 bridgehead atoms. The fourth-order valence-corrected chi connectivity index (χ4v) is 8.01. The molecule has 228 valence electrons. The van der Waals surface area contributed by atoms with E-state index in [1.54, 1.807) is 11.8 Å². The number of thioether (sulfide) groups is 2. The zero-order valence-electron chi connectivity index (χ0n) is 22.4. The van der Waals surface area contributed by atoms with Gasteiger partial charge in [0.25, 0.3) is 11.8 Å². The number of carbonyl (C=O) groups is 3. The number of hydrogen-bond acceptors (Lipinski definition) is 15. The van der Waals surface area contributed by atoms with E-state index in [0.717, 1.165) is 28.5 Å². The molecule has 3 unspecified atom stereocenters. The quantitative estimate of drug-likeness (QED) is 0.0480. The molecule has 43 heavy (non-hydrogen) atoms. The maximum absolute atomic E-state index is 13.2. The van der Waals surface area contributed by atoms with Crippen molar-refractivity contribution in [2.45, 2.75) is 36.2 Å². The van der Waals surface area contributed by atoms with Crippen LogP contribution in [0.25, 0.3) is 0 Å². The lowest BCUT2D eigenvalue weighted by Gasteiger charge is -2.49. The van der Waals surface area contributed by atoms with Gasteiger partial charge in [-0.15, -0.1) is 34.9 Å². The molecule has 5 heterocycles. The lowest BCUT2D eigenvalue weighted by atomic mass is 10.00. The molecule has 0 spiro atoms. The molecule has 2 fully saturated rings. The Morgan fingerprint density at radius 2 is 2.12 bits per heavy atom. The average molecular weight is 668 g/mol. The van der Waals surface area contributed by atoms with E-state index in [9.17, 15) is 29.1 Å². The van der Waals surface area contributed by atoms with Gasteiger partial charge in [-0.25, -0.2) is 14.9 Å². The number of aliphatic carboxylic acids is 1. The summed E-state index contributed by atoms with van der Waals surface area (Å²) in [6, 6.07) is -1.04. The predicted octanol–water partition coefficient (Wildman–Crippen LogP) is -1.08. The van der Waals surface area contributed by atoms with E-state index in [-0.39, 0.29) is 57.0 Å². The van der Waals surface area contributed by atoms with Crippen molar-refractivity contribution in [2.75, 3.05) is 30.9 Å².